The molecule has 1 heterocycles. The predicted octanol–water partition coefficient (Wildman–Crippen LogP) is 1.57. The minimum atomic E-state index is 0.263. The zero-order chi connectivity index (χ0) is 10.4. The Labute approximate surface area is 87.2 Å². The molecule has 1 fully saturated rings. The molecule has 0 spiro atoms. The van der Waals surface area contributed by atoms with Gasteiger partial charge in [-0.05, 0) is 33.2 Å². The molecule has 0 amide bonds. The first kappa shape index (κ1) is 12.0. The minimum absolute atomic E-state index is 0.263. The molecule has 1 N–H and O–H groups in total. The molecule has 14 heavy (non-hydrogen) atoms. The zero-order valence-electron chi connectivity index (χ0n) is 9.58. The van der Waals surface area contributed by atoms with Crippen molar-refractivity contribution < 1.29 is 9.47 Å². The van der Waals surface area contributed by atoms with E-state index in [2.05, 4.69) is 26.1 Å². The lowest BCUT2D eigenvalue weighted by molar-refractivity contribution is -0.0241. The second kappa shape index (κ2) is 6.38. The van der Waals surface area contributed by atoms with Gasteiger partial charge in [-0.3, -0.25) is 0 Å². The highest BCUT2D eigenvalue weighted by atomic mass is 16.5. The van der Waals surface area contributed by atoms with E-state index < -0.39 is 0 Å². The minimum Gasteiger partial charge on any atom is -0.376 e. The zero-order valence-corrected chi connectivity index (χ0v) is 9.58. The molecule has 1 saturated heterocycles. The predicted molar refractivity (Wildman–Crippen MR) is 57.5 cm³/mol. The van der Waals surface area contributed by atoms with Crippen molar-refractivity contribution in [2.75, 3.05) is 19.8 Å². The van der Waals surface area contributed by atoms with E-state index in [-0.39, 0.29) is 6.10 Å². The molecule has 84 valence electrons. The lowest BCUT2D eigenvalue weighted by Gasteiger charge is -2.22. The SMILES string of the molecule is CCNC(C)C(C)OCC1CCCO1. The lowest BCUT2D eigenvalue weighted by atomic mass is 10.2. The molecule has 0 saturated carbocycles. The van der Waals surface area contributed by atoms with Crippen LogP contribution in [-0.4, -0.2) is 38.0 Å². The molecule has 3 unspecified atom stereocenters. The van der Waals surface area contributed by atoms with Crippen molar-refractivity contribution in [3.63, 3.8) is 0 Å². The van der Waals surface area contributed by atoms with Crippen LogP contribution in [0, 0.1) is 0 Å². The van der Waals surface area contributed by atoms with Crippen molar-refractivity contribution >= 4 is 0 Å². The largest absolute Gasteiger partial charge is 0.376 e. The molecule has 3 nitrogen and oxygen atoms in total. The number of hydrogen-bond acceptors (Lipinski definition) is 3. The van der Waals surface area contributed by atoms with Crippen molar-refractivity contribution in [1.29, 1.82) is 0 Å². The van der Waals surface area contributed by atoms with Gasteiger partial charge >= 0.3 is 0 Å². The summed E-state index contributed by atoms with van der Waals surface area (Å²) in [5.41, 5.74) is 0. The van der Waals surface area contributed by atoms with Gasteiger partial charge in [0.05, 0.1) is 18.8 Å². The van der Waals surface area contributed by atoms with Gasteiger partial charge in [0.2, 0.25) is 0 Å². The van der Waals surface area contributed by atoms with E-state index in [9.17, 15) is 0 Å². The van der Waals surface area contributed by atoms with Crippen LogP contribution in [0.25, 0.3) is 0 Å². The average molecular weight is 201 g/mol. The maximum absolute atomic E-state index is 5.75. The van der Waals surface area contributed by atoms with Crippen molar-refractivity contribution in [3.8, 4) is 0 Å². The Balaban J connectivity index is 2.09. The summed E-state index contributed by atoms with van der Waals surface area (Å²) in [6, 6.07) is 0.418. The van der Waals surface area contributed by atoms with E-state index in [1.807, 2.05) is 0 Å². The van der Waals surface area contributed by atoms with E-state index in [1.165, 1.54) is 6.42 Å². The summed E-state index contributed by atoms with van der Waals surface area (Å²) in [5, 5.41) is 3.35. The number of nitrogens with one attached hydrogen (secondary N) is 1. The van der Waals surface area contributed by atoms with Gasteiger partial charge in [-0.25, -0.2) is 0 Å². The molecule has 0 aromatic carbocycles. The highest BCUT2D eigenvalue weighted by Gasteiger charge is 2.18. The van der Waals surface area contributed by atoms with Gasteiger partial charge < -0.3 is 14.8 Å². The van der Waals surface area contributed by atoms with Crippen LogP contribution in [0.3, 0.4) is 0 Å². The fourth-order valence-electron chi connectivity index (χ4n) is 1.67. The Morgan fingerprint density at radius 1 is 1.50 bits per heavy atom. The van der Waals surface area contributed by atoms with Crippen LogP contribution in [0.2, 0.25) is 0 Å². The maximum Gasteiger partial charge on any atom is 0.0809 e. The van der Waals surface area contributed by atoms with Gasteiger partial charge in [-0.2, -0.15) is 0 Å². The molecule has 3 atom stereocenters. The van der Waals surface area contributed by atoms with Gasteiger partial charge in [-0.15, -0.1) is 0 Å². The third kappa shape index (κ3) is 3.95. The second-order valence-electron chi connectivity index (χ2n) is 4.02. The summed E-state index contributed by atoms with van der Waals surface area (Å²) in [5.74, 6) is 0. The fourth-order valence-corrected chi connectivity index (χ4v) is 1.67. The molecular weight excluding hydrogens is 178 g/mol. The molecular formula is C11H23NO2. The molecule has 0 aliphatic carbocycles. The Hall–Kier alpha value is -0.120. The monoisotopic (exact) mass is 201 g/mol. The normalized spacial score (nSPS) is 26.4. The number of likely N-dealkylation sites (N-methyl/N-ethyl adjacent to an activating group) is 1. The van der Waals surface area contributed by atoms with Crippen LogP contribution >= 0.6 is 0 Å². The van der Waals surface area contributed by atoms with E-state index >= 15 is 0 Å². The standard InChI is InChI=1S/C11H23NO2/c1-4-12-9(2)10(3)14-8-11-6-5-7-13-11/h9-12H,4-8H2,1-3H3. The van der Waals surface area contributed by atoms with Crippen LogP contribution in [0.4, 0.5) is 0 Å². The quantitative estimate of drug-likeness (QED) is 0.707. The van der Waals surface area contributed by atoms with Crippen molar-refractivity contribution in [1.82, 2.24) is 5.32 Å². The summed E-state index contributed by atoms with van der Waals surface area (Å²) < 4.78 is 11.3. The highest BCUT2D eigenvalue weighted by Crippen LogP contribution is 2.13. The number of ether oxygens (including phenoxy) is 2. The van der Waals surface area contributed by atoms with Crippen molar-refractivity contribution in [2.45, 2.75) is 51.9 Å². The van der Waals surface area contributed by atoms with Gasteiger partial charge in [0.15, 0.2) is 0 Å². The molecule has 0 aromatic rings. The molecule has 0 radical (unpaired) electrons. The summed E-state index contributed by atoms with van der Waals surface area (Å²) in [4.78, 5) is 0. The number of rotatable bonds is 6. The summed E-state index contributed by atoms with van der Waals surface area (Å²) in [7, 11) is 0. The van der Waals surface area contributed by atoms with Crippen molar-refractivity contribution in [3.05, 3.63) is 0 Å². The Morgan fingerprint density at radius 3 is 2.86 bits per heavy atom. The summed E-state index contributed by atoms with van der Waals surface area (Å²) >= 11 is 0. The van der Waals surface area contributed by atoms with E-state index in [1.54, 1.807) is 0 Å². The van der Waals surface area contributed by atoms with E-state index in [4.69, 9.17) is 9.47 Å². The average Bonchev–Trinajstić information content (AvgIpc) is 2.67. The highest BCUT2D eigenvalue weighted by molar-refractivity contribution is 4.70. The van der Waals surface area contributed by atoms with Gasteiger partial charge in [-0.1, -0.05) is 6.92 Å². The Bertz CT molecular complexity index is 146. The molecule has 1 aliphatic rings. The van der Waals surface area contributed by atoms with Gasteiger partial charge in [0.1, 0.15) is 0 Å². The maximum atomic E-state index is 5.75. The number of hydrogen-bond donors (Lipinski definition) is 1. The third-order valence-electron chi connectivity index (χ3n) is 2.80. The van der Waals surface area contributed by atoms with Crippen LogP contribution in [0.15, 0.2) is 0 Å². The summed E-state index contributed by atoms with van der Waals surface area (Å²) in [6.07, 6.45) is 2.94. The first-order valence-electron chi connectivity index (χ1n) is 5.70. The second-order valence-corrected chi connectivity index (χ2v) is 4.02. The van der Waals surface area contributed by atoms with Crippen LogP contribution < -0.4 is 5.32 Å². The van der Waals surface area contributed by atoms with Crippen LogP contribution in [-0.2, 0) is 9.47 Å². The van der Waals surface area contributed by atoms with Crippen LogP contribution in [0.1, 0.15) is 33.6 Å². The Morgan fingerprint density at radius 2 is 2.29 bits per heavy atom. The van der Waals surface area contributed by atoms with Gasteiger partial charge in [0, 0.05) is 12.6 Å². The third-order valence-corrected chi connectivity index (χ3v) is 2.80. The smallest absolute Gasteiger partial charge is 0.0809 e. The van der Waals surface area contributed by atoms with Crippen LogP contribution in [0.5, 0.6) is 0 Å². The molecule has 0 aromatic heterocycles. The fraction of sp³-hybridized carbons (Fsp3) is 1.00. The molecule has 0 bridgehead atoms. The Kier molecular flexibility index (Phi) is 5.45. The van der Waals surface area contributed by atoms with Crippen molar-refractivity contribution in [2.24, 2.45) is 0 Å². The lowest BCUT2D eigenvalue weighted by Crippen LogP contribution is -2.38. The summed E-state index contributed by atoms with van der Waals surface area (Å²) in [6.45, 7) is 9.03. The molecule has 3 heteroatoms. The first-order valence-corrected chi connectivity index (χ1v) is 5.70. The molecule has 1 rings (SSSR count). The van der Waals surface area contributed by atoms with Gasteiger partial charge in [0.25, 0.3) is 0 Å². The first-order chi connectivity index (χ1) is 6.74. The van der Waals surface area contributed by atoms with E-state index in [0.29, 0.717) is 12.1 Å². The van der Waals surface area contributed by atoms with E-state index in [0.717, 1.165) is 26.2 Å². The topological polar surface area (TPSA) is 30.5 Å². The molecule has 1 aliphatic heterocycles.